The molecule has 0 aliphatic heterocycles. The number of rotatable bonds is 5. The molecule has 1 N–H and O–H groups in total. The predicted octanol–water partition coefficient (Wildman–Crippen LogP) is 4.71. The van der Waals surface area contributed by atoms with Gasteiger partial charge in [0.05, 0.1) is 17.2 Å². The first kappa shape index (κ1) is 15.2. The van der Waals surface area contributed by atoms with E-state index < -0.39 is 0 Å². The van der Waals surface area contributed by atoms with E-state index in [0.29, 0.717) is 22.4 Å². The third kappa shape index (κ3) is 3.92. The zero-order valence-electron chi connectivity index (χ0n) is 10.8. The van der Waals surface area contributed by atoms with Crippen molar-refractivity contribution >= 4 is 40.6 Å². The average molecular weight is 332 g/mol. The Morgan fingerprint density at radius 2 is 1.95 bits per heavy atom. The van der Waals surface area contributed by atoms with Gasteiger partial charge in [0.2, 0.25) is 0 Å². The molecule has 0 aliphatic rings. The van der Waals surface area contributed by atoms with E-state index in [9.17, 15) is 0 Å². The first-order valence-corrected chi connectivity index (χ1v) is 7.12. The molecule has 1 heterocycles. The van der Waals surface area contributed by atoms with Crippen LogP contribution in [0.3, 0.4) is 0 Å². The number of halogens is 3. The standard InChI is InChI=1S/C14H13Cl3N2O/c1-20-10-4-2-3-9(7-10)5-6-18-14-12(16)8-11(15)13(17)19-14/h2-4,7-8H,5-6H2,1H3,(H,18,19). The van der Waals surface area contributed by atoms with Crippen molar-refractivity contribution in [3.63, 3.8) is 0 Å². The molecule has 3 nitrogen and oxygen atoms in total. The van der Waals surface area contributed by atoms with E-state index in [1.54, 1.807) is 13.2 Å². The van der Waals surface area contributed by atoms with Crippen molar-refractivity contribution in [2.45, 2.75) is 6.42 Å². The SMILES string of the molecule is COc1cccc(CCNc2nc(Cl)c(Cl)cc2Cl)c1. The van der Waals surface area contributed by atoms with Gasteiger partial charge in [0.1, 0.15) is 16.7 Å². The fourth-order valence-electron chi connectivity index (χ4n) is 1.72. The lowest BCUT2D eigenvalue weighted by Crippen LogP contribution is -2.07. The third-order valence-electron chi connectivity index (χ3n) is 2.73. The second-order valence-corrected chi connectivity index (χ2v) is 5.29. The minimum Gasteiger partial charge on any atom is -0.497 e. The fraction of sp³-hybridized carbons (Fsp3) is 0.214. The van der Waals surface area contributed by atoms with Gasteiger partial charge in [-0.1, -0.05) is 46.9 Å². The van der Waals surface area contributed by atoms with Crippen LogP contribution in [0.25, 0.3) is 0 Å². The number of aromatic nitrogens is 1. The molecule has 0 atom stereocenters. The minimum atomic E-state index is 0.236. The maximum atomic E-state index is 6.04. The van der Waals surface area contributed by atoms with Crippen LogP contribution in [0.4, 0.5) is 5.82 Å². The molecule has 106 valence electrons. The van der Waals surface area contributed by atoms with Gasteiger partial charge in [-0.25, -0.2) is 4.98 Å². The van der Waals surface area contributed by atoms with Crippen molar-refractivity contribution in [3.05, 3.63) is 51.1 Å². The molecule has 2 aromatic rings. The molecule has 0 radical (unpaired) electrons. The molecule has 0 aliphatic carbocycles. The van der Waals surface area contributed by atoms with E-state index in [-0.39, 0.29) is 5.15 Å². The zero-order chi connectivity index (χ0) is 14.5. The highest BCUT2D eigenvalue weighted by atomic mass is 35.5. The lowest BCUT2D eigenvalue weighted by atomic mass is 10.1. The second kappa shape index (κ2) is 7.02. The topological polar surface area (TPSA) is 34.1 Å². The highest BCUT2D eigenvalue weighted by Gasteiger charge is 2.07. The van der Waals surface area contributed by atoms with Crippen LogP contribution in [0.2, 0.25) is 15.2 Å². The number of hydrogen-bond acceptors (Lipinski definition) is 3. The summed E-state index contributed by atoms with van der Waals surface area (Å²) in [5.41, 5.74) is 1.16. The normalized spacial score (nSPS) is 10.4. The van der Waals surface area contributed by atoms with Gasteiger partial charge in [-0.05, 0) is 30.2 Å². The number of pyridine rings is 1. The molecule has 0 unspecified atom stereocenters. The van der Waals surface area contributed by atoms with Gasteiger partial charge in [-0.3, -0.25) is 0 Å². The lowest BCUT2D eigenvalue weighted by molar-refractivity contribution is 0.414. The Morgan fingerprint density at radius 3 is 2.70 bits per heavy atom. The minimum absolute atomic E-state index is 0.236. The molecular weight excluding hydrogens is 319 g/mol. The van der Waals surface area contributed by atoms with Gasteiger partial charge in [-0.2, -0.15) is 0 Å². The fourth-order valence-corrected chi connectivity index (χ4v) is 2.29. The van der Waals surface area contributed by atoms with Crippen molar-refractivity contribution in [1.82, 2.24) is 4.98 Å². The van der Waals surface area contributed by atoms with Crippen molar-refractivity contribution in [2.75, 3.05) is 19.0 Å². The summed E-state index contributed by atoms with van der Waals surface area (Å²) in [6.07, 6.45) is 0.815. The molecule has 0 saturated carbocycles. The first-order valence-electron chi connectivity index (χ1n) is 5.98. The predicted molar refractivity (Wildman–Crippen MR) is 84.5 cm³/mol. The van der Waals surface area contributed by atoms with Crippen LogP contribution in [-0.4, -0.2) is 18.6 Å². The van der Waals surface area contributed by atoms with Crippen LogP contribution in [0, 0.1) is 0 Å². The molecule has 6 heteroatoms. The van der Waals surface area contributed by atoms with Crippen LogP contribution in [0.5, 0.6) is 5.75 Å². The largest absolute Gasteiger partial charge is 0.497 e. The Hall–Kier alpha value is -1.16. The second-order valence-electron chi connectivity index (χ2n) is 4.12. The summed E-state index contributed by atoms with van der Waals surface area (Å²) >= 11 is 17.7. The van der Waals surface area contributed by atoms with Crippen LogP contribution >= 0.6 is 34.8 Å². The number of hydrogen-bond donors (Lipinski definition) is 1. The highest BCUT2D eigenvalue weighted by Crippen LogP contribution is 2.28. The van der Waals surface area contributed by atoms with Gasteiger partial charge in [0, 0.05) is 6.54 Å². The molecule has 0 saturated heterocycles. The summed E-state index contributed by atoms with van der Waals surface area (Å²) in [5, 5.41) is 4.17. The van der Waals surface area contributed by atoms with E-state index >= 15 is 0 Å². The van der Waals surface area contributed by atoms with Crippen molar-refractivity contribution < 1.29 is 4.74 Å². The number of ether oxygens (including phenoxy) is 1. The summed E-state index contributed by atoms with van der Waals surface area (Å²) in [6, 6.07) is 9.47. The number of benzene rings is 1. The quantitative estimate of drug-likeness (QED) is 0.806. The summed E-state index contributed by atoms with van der Waals surface area (Å²) in [6.45, 7) is 0.678. The van der Waals surface area contributed by atoms with Crippen LogP contribution in [0.15, 0.2) is 30.3 Å². The van der Waals surface area contributed by atoms with Gasteiger partial charge >= 0.3 is 0 Å². The van der Waals surface area contributed by atoms with Crippen molar-refractivity contribution in [2.24, 2.45) is 0 Å². The first-order chi connectivity index (χ1) is 9.60. The molecule has 20 heavy (non-hydrogen) atoms. The molecule has 2 rings (SSSR count). The summed E-state index contributed by atoms with van der Waals surface area (Å²) in [4.78, 5) is 4.10. The number of methoxy groups -OCH3 is 1. The van der Waals surface area contributed by atoms with Crippen molar-refractivity contribution in [3.8, 4) is 5.75 Å². The highest BCUT2D eigenvalue weighted by molar-refractivity contribution is 6.42. The molecule has 0 bridgehead atoms. The van der Waals surface area contributed by atoms with E-state index in [4.69, 9.17) is 39.5 Å². The maximum Gasteiger partial charge on any atom is 0.150 e. The van der Waals surface area contributed by atoms with E-state index in [1.807, 2.05) is 24.3 Å². The molecule has 0 amide bonds. The van der Waals surface area contributed by atoms with Crippen LogP contribution < -0.4 is 10.1 Å². The smallest absolute Gasteiger partial charge is 0.150 e. The van der Waals surface area contributed by atoms with Crippen molar-refractivity contribution in [1.29, 1.82) is 0 Å². The molecule has 0 fully saturated rings. The zero-order valence-corrected chi connectivity index (χ0v) is 13.1. The van der Waals surface area contributed by atoms with Gasteiger partial charge < -0.3 is 10.1 Å². The molecule has 1 aromatic heterocycles. The van der Waals surface area contributed by atoms with E-state index in [2.05, 4.69) is 10.3 Å². The van der Waals surface area contributed by atoms with Crippen LogP contribution in [-0.2, 0) is 6.42 Å². The molecule has 0 spiro atoms. The summed E-state index contributed by atoms with van der Waals surface area (Å²) < 4.78 is 5.18. The van der Waals surface area contributed by atoms with Gasteiger partial charge in [0.25, 0.3) is 0 Å². The number of nitrogens with zero attached hydrogens (tertiary/aromatic N) is 1. The number of nitrogens with one attached hydrogen (secondary N) is 1. The summed E-state index contributed by atoms with van der Waals surface area (Å²) in [7, 11) is 1.65. The molecular formula is C14H13Cl3N2O. The Balaban J connectivity index is 1.97. The summed E-state index contributed by atoms with van der Waals surface area (Å²) in [5.74, 6) is 1.37. The van der Waals surface area contributed by atoms with E-state index in [0.717, 1.165) is 17.7 Å². The van der Waals surface area contributed by atoms with E-state index in [1.165, 1.54) is 0 Å². The lowest BCUT2D eigenvalue weighted by Gasteiger charge is -2.09. The Labute approximate surface area is 132 Å². The van der Waals surface area contributed by atoms with Gasteiger partial charge in [0.15, 0.2) is 0 Å². The maximum absolute atomic E-state index is 6.04. The third-order valence-corrected chi connectivity index (χ3v) is 3.69. The van der Waals surface area contributed by atoms with Crippen LogP contribution in [0.1, 0.15) is 5.56 Å². The Bertz CT molecular complexity index is 605. The average Bonchev–Trinajstić information content (AvgIpc) is 2.44. The Morgan fingerprint density at radius 1 is 1.15 bits per heavy atom. The number of anilines is 1. The van der Waals surface area contributed by atoms with Gasteiger partial charge in [-0.15, -0.1) is 0 Å². The Kier molecular flexibility index (Phi) is 5.35. The molecule has 1 aromatic carbocycles. The monoisotopic (exact) mass is 330 g/mol.